The van der Waals surface area contributed by atoms with Crippen LogP contribution >= 0.6 is 11.3 Å². The van der Waals surface area contributed by atoms with Gasteiger partial charge in [-0.2, -0.15) is 5.26 Å². The number of anilines is 1. The molecule has 0 unspecified atom stereocenters. The van der Waals surface area contributed by atoms with Gasteiger partial charge in [0.15, 0.2) is 5.78 Å². The van der Waals surface area contributed by atoms with Crippen molar-refractivity contribution >= 4 is 28.9 Å². The van der Waals surface area contributed by atoms with Crippen molar-refractivity contribution in [1.29, 1.82) is 5.26 Å². The lowest BCUT2D eigenvalue weighted by Gasteiger charge is -2.02. The topological polar surface area (TPSA) is 83.1 Å². The lowest BCUT2D eigenvalue weighted by molar-refractivity contribution is -0.116. The highest BCUT2D eigenvalue weighted by Gasteiger charge is 2.17. The fraction of sp³-hybridized carbons (Fsp3) is 0.267. The van der Waals surface area contributed by atoms with Crippen molar-refractivity contribution in [3.8, 4) is 6.07 Å². The molecule has 6 heteroatoms. The lowest BCUT2D eigenvalue weighted by atomic mass is 10.1. The van der Waals surface area contributed by atoms with Crippen molar-refractivity contribution in [2.45, 2.75) is 26.7 Å². The molecule has 2 rings (SSSR count). The van der Waals surface area contributed by atoms with Crippen molar-refractivity contribution < 1.29 is 14.0 Å². The Bertz CT molecular complexity index is 708. The molecule has 0 spiro atoms. The first-order chi connectivity index (χ1) is 10.0. The molecule has 0 fully saturated rings. The van der Waals surface area contributed by atoms with E-state index in [0.29, 0.717) is 21.8 Å². The number of rotatable bonds is 5. The maximum atomic E-state index is 11.8. The first-order valence-electron chi connectivity index (χ1n) is 6.39. The Labute approximate surface area is 126 Å². The average molecular weight is 302 g/mol. The molecule has 0 aliphatic heterocycles. The Morgan fingerprint density at radius 1 is 1.38 bits per heavy atom. The number of Topliss-reactive ketones (excluding diaryl/α,β-unsaturated/α-hetero) is 1. The predicted octanol–water partition coefficient (Wildman–Crippen LogP) is 3.43. The van der Waals surface area contributed by atoms with Crippen LogP contribution in [0.3, 0.4) is 0 Å². The summed E-state index contributed by atoms with van der Waals surface area (Å²) < 4.78 is 5.35. The molecule has 0 bridgehead atoms. The van der Waals surface area contributed by atoms with Gasteiger partial charge in [-0.3, -0.25) is 14.9 Å². The summed E-state index contributed by atoms with van der Waals surface area (Å²) in [5.74, 6) is 0.343. The first-order valence-corrected chi connectivity index (χ1v) is 7.27. The summed E-state index contributed by atoms with van der Waals surface area (Å²) in [6.07, 6.45) is 0.188. The molecule has 0 aliphatic carbocycles. The van der Waals surface area contributed by atoms with Crippen LogP contribution in [-0.2, 0) is 4.79 Å². The Morgan fingerprint density at radius 3 is 2.76 bits per heavy atom. The number of aryl methyl sites for hydroxylation is 1. The van der Waals surface area contributed by atoms with E-state index in [9.17, 15) is 9.59 Å². The van der Waals surface area contributed by atoms with Gasteiger partial charge in [-0.05, 0) is 25.3 Å². The monoisotopic (exact) mass is 302 g/mol. The molecule has 0 aromatic carbocycles. The zero-order chi connectivity index (χ0) is 15.4. The number of carbonyl (C=O) groups excluding carboxylic acids is 2. The van der Waals surface area contributed by atoms with Gasteiger partial charge in [0.25, 0.3) is 0 Å². The maximum Gasteiger partial charge on any atom is 0.227 e. The highest BCUT2D eigenvalue weighted by molar-refractivity contribution is 7.12. The van der Waals surface area contributed by atoms with E-state index in [2.05, 4.69) is 5.32 Å². The van der Waals surface area contributed by atoms with E-state index in [4.69, 9.17) is 9.68 Å². The molecule has 2 aromatic rings. The average Bonchev–Trinajstić information content (AvgIpc) is 3.06. The zero-order valence-electron chi connectivity index (χ0n) is 11.7. The molecule has 1 amide bonds. The fourth-order valence-corrected chi connectivity index (χ4v) is 2.52. The number of nitrogens with one attached hydrogen (secondary N) is 1. The molecule has 2 aromatic heterocycles. The van der Waals surface area contributed by atoms with Crippen LogP contribution < -0.4 is 5.32 Å². The van der Waals surface area contributed by atoms with Crippen molar-refractivity contribution in [3.05, 3.63) is 39.3 Å². The summed E-state index contributed by atoms with van der Waals surface area (Å²) in [4.78, 5) is 24.3. The number of amides is 1. The van der Waals surface area contributed by atoms with E-state index in [1.54, 1.807) is 26.0 Å². The number of hydrogen-bond donors (Lipinski definition) is 1. The lowest BCUT2D eigenvalue weighted by Crippen LogP contribution is -2.13. The molecule has 0 radical (unpaired) electrons. The van der Waals surface area contributed by atoms with E-state index in [1.807, 2.05) is 11.4 Å². The largest absolute Gasteiger partial charge is 0.444 e. The van der Waals surface area contributed by atoms with E-state index < -0.39 is 0 Å². The van der Waals surface area contributed by atoms with Gasteiger partial charge >= 0.3 is 0 Å². The maximum absolute atomic E-state index is 11.8. The van der Waals surface area contributed by atoms with Crippen LogP contribution in [0.15, 0.2) is 21.9 Å². The zero-order valence-corrected chi connectivity index (χ0v) is 12.5. The summed E-state index contributed by atoms with van der Waals surface area (Å²) in [5.41, 5.74) is 1.04. The summed E-state index contributed by atoms with van der Waals surface area (Å²) in [5, 5.41) is 13.4. The standard InChI is InChI=1S/C15H14N2O3S/c1-9-10(2)20-15(11(9)8-16)17-14(19)6-5-12(18)13-4-3-7-21-13/h3-4,7H,5-6H2,1-2H3,(H,17,19). The van der Waals surface area contributed by atoms with Crippen LogP contribution in [0, 0.1) is 25.2 Å². The van der Waals surface area contributed by atoms with Gasteiger partial charge < -0.3 is 4.42 Å². The molecule has 0 atom stereocenters. The molecular formula is C15H14N2O3S. The number of nitriles is 1. The van der Waals surface area contributed by atoms with Gasteiger partial charge in [-0.25, -0.2) is 0 Å². The highest BCUT2D eigenvalue weighted by Crippen LogP contribution is 2.25. The summed E-state index contributed by atoms with van der Waals surface area (Å²) >= 11 is 1.36. The minimum atomic E-state index is -0.342. The SMILES string of the molecule is Cc1oc(NC(=O)CCC(=O)c2cccs2)c(C#N)c1C. The molecule has 2 heterocycles. The minimum absolute atomic E-state index is 0.0559. The number of furan rings is 1. The van der Waals surface area contributed by atoms with Crippen molar-refractivity contribution in [1.82, 2.24) is 0 Å². The third-order valence-electron chi connectivity index (χ3n) is 3.13. The second-order valence-electron chi connectivity index (χ2n) is 4.55. The van der Waals surface area contributed by atoms with Gasteiger partial charge in [0.05, 0.1) is 4.88 Å². The Morgan fingerprint density at radius 2 is 2.14 bits per heavy atom. The molecular weight excluding hydrogens is 288 g/mol. The van der Waals surface area contributed by atoms with Crippen LogP contribution in [0.5, 0.6) is 0 Å². The third kappa shape index (κ3) is 3.38. The predicted molar refractivity (Wildman–Crippen MR) is 79.4 cm³/mol. The number of thiophene rings is 1. The Kier molecular flexibility index (Phi) is 4.55. The van der Waals surface area contributed by atoms with E-state index in [0.717, 1.165) is 0 Å². The smallest absolute Gasteiger partial charge is 0.227 e. The van der Waals surface area contributed by atoms with Gasteiger partial charge in [-0.1, -0.05) is 6.07 Å². The summed E-state index contributed by atoms with van der Waals surface area (Å²) in [7, 11) is 0. The van der Waals surface area contributed by atoms with Crippen molar-refractivity contribution in [2.24, 2.45) is 0 Å². The minimum Gasteiger partial charge on any atom is -0.444 e. The number of carbonyl (C=O) groups is 2. The van der Waals surface area contributed by atoms with E-state index >= 15 is 0 Å². The molecule has 108 valence electrons. The summed E-state index contributed by atoms with van der Waals surface area (Å²) in [6.45, 7) is 3.49. The quantitative estimate of drug-likeness (QED) is 0.858. The van der Waals surface area contributed by atoms with Gasteiger partial charge in [0, 0.05) is 18.4 Å². The summed E-state index contributed by atoms with van der Waals surface area (Å²) in [6, 6.07) is 5.53. The number of hydrogen-bond acceptors (Lipinski definition) is 5. The van der Waals surface area contributed by atoms with Gasteiger partial charge in [-0.15, -0.1) is 11.3 Å². The van der Waals surface area contributed by atoms with Gasteiger partial charge in [0.1, 0.15) is 17.4 Å². The third-order valence-corrected chi connectivity index (χ3v) is 4.04. The van der Waals surface area contributed by atoms with E-state index in [-0.39, 0.29) is 30.4 Å². The molecule has 5 nitrogen and oxygen atoms in total. The van der Waals surface area contributed by atoms with Crippen LogP contribution in [-0.4, -0.2) is 11.7 Å². The van der Waals surface area contributed by atoms with Crippen LogP contribution in [0.2, 0.25) is 0 Å². The second-order valence-corrected chi connectivity index (χ2v) is 5.50. The van der Waals surface area contributed by atoms with Crippen LogP contribution in [0.25, 0.3) is 0 Å². The highest BCUT2D eigenvalue weighted by atomic mass is 32.1. The number of nitrogens with zero attached hydrogens (tertiary/aromatic N) is 1. The Hall–Kier alpha value is -2.39. The van der Waals surface area contributed by atoms with E-state index in [1.165, 1.54) is 11.3 Å². The number of ketones is 1. The van der Waals surface area contributed by atoms with Gasteiger partial charge in [0.2, 0.25) is 11.8 Å². The molecule has 0 aliphatic rings. The van der Waals surface area contributed by atoms with Crippen LogP contribution in [0.4, 0.5) is 5.88 Å². The van der Waals surface area contributed by atoms with Crippen molar-refractivity contribution in [3.63, 3.8) is 0 Å². The second kappa shape index (κ2) is 6.37. The molecule has 0 saturated carbocycles. The van der Waals surface area contributed by atoms with Crippen LogP contribution in [0.1, 0.15) is 39.4 Å². The molecule has 0 saturated heterocycles. The fourth-order valence-electron chi connectivity index (χ4n) is 1.83. The first kappa shape index (κ1) is 15.0. The normalized spacial score (nSPS) is 10.1. The van der Waals surface area contributed by atoms with Crippen molar-refractivity contribution in [2.75, 3.05) is 5.32 Å². The molecule has 1 N–H and O–H groups in total. The Balaban J connectivity index is 1.95. The molecule has 21 heavy (non-hydrogen) atoms.